The van der Waals surface area contributed by atoms with Gasteiger partial charge in [-0.2, -0.15) is 0 Å². The Hall–Kier alpha value is -2.57. The molecule has 1 atom stereocenters. The Balaban J connectivity index is 1.77. The van der Waals surface area contributed by atoms with Gasteiger partial charge < -0.3 is 15.2 Å². The fourth-order valence-corrected chi connectivity index (χ4v) is 3.21. The summed E-state index contributed by atoms with van der Waals surface area (Å²) in [6, 6.07) is 7.00. The zero-order valence-electron chi connectivity index (χ0n) is 13.2. The Morgan fingerprint density at radius 3 is 2.67 bits per heavy atom. The summed E-state index contributed by atoms with van der Waals surface area (Å²) in [6.45, 7) is -0.133. The first kappa shape index (κ1) is 16.3. The van der Waals surface area contributed by atoms with Gasteiger partial charge in [-0.15, -0.1) is 0 Å². The molecule has 3 rings (SSSR count). The predicted octanol–water partition coefficient (Wildman–Crippen LogP) is 1.31. The van der Waals surface area contributed by atoms with Crippen molar-refractivity contribution in [3.8, 4) is 5.75 Å². The number of carboxylic acid groups (broad SMARTS) is 1. The number of benzene rings is 1. The molecule has 7 nitrogen and oxygen atoms in total. The monoisotopic (exact) mass is 332 g/mol. The van der Waals surface area contributed by atoms with Crippen molar-refractivity contribution in [2.75, 3.05) is 11.4 Å². The molecule has 1 aliphatic carbocycles. The Bertz CT molecular complexity index is 654. The van der Waals surface area contributed by atoms with E-state index in [2.05, 4.69) is 5.32 Å². The number of anilines is 1. The van der Waals surface area contributed by atoms with Crippen LogP contribution in [-0.2, 0) is 14.4 Å². The number of nitrogens with one attached hydrogen (secondary N) is 1. The van der Waals surface area contributed by atoms with Gasteiger partial charge in [0, 0.05) is 6.04 Å². The van der Waals surface area contributed by atoms with E-state index in [4.69, 9.17) is 9.84 Å². The summed E-state index contributed by atoms with van der Waals surface area (Å²) >= 11 is 0. The molecule has 1 aromatic carbocycles. The molecule has 1 saturated carbocycles. The minimum atomic E-state index is -1.12. The topological polar surface area (TPSA) is 95.9 Å². The van der Waals surface area contributed by atoms with Crippen LogP contribution in [0.15, 0.2) is 24.3 Å². The highest BCUT2D eigenvalue weighted by Gasteiger charge is 2.36. The van der Waals surface area contributed by atoms with E-state index in [0.717, 1.165) is 25.7 Å². The average Bonchev–Trinajstić information content (AvgIpc) is 3.03. The second-order valence-corrected chi connectivity index (χ2v) is 6.15. The van der Waals surface area contributed by atoms with Crippen molar-refractivity contribution in [2.24, 2.45) is 0 Å². The normalized spacial score (nSPS) is 20.4. The molecule has 0 unspecified atom stereocenters. The third kappa shape index (κ3) is 3.50. The molecule has 2 aliphatic rings. The summed E-state index contributed by atoms with van der Waals surface area (Å²) in [7, 11) is 0. The minimum absolute atomic E-state index is 0.133. The van der Waals surface area contributed by atoms with E-state index in [1.54, 1.807) is 24.3 Å². The highest BCUT2D eigenvalue weighted by atomic mass is 16.5. The average molecular weight is 332 g/mol. The molecule has 0 bridgehead atoms. The van der Waals surface area contributed by atoms with Gasteiger partial charge in [0.25, 0.3) is 5.91 Å². The van der Waals surface area contributed by atoms with E-state index in [9.17, 15) is 14.4 Å². The Morgan fingerprint density at radius 1 is 1.25 bits per heavy atom. The summed E-state index contributed by atoms with van der Waals surface area (Å²) in [5.74, 6) is -1.45. The standard InChI is InChI=1S/C17H20N2O5/c20-15(18-11-5-1-2-6-11)10-19-12-7-3-4-8-13(12)24-14(17(19)23)9-16(21)22/h3-4,7-8,11,14H,1-2,5-6,9-10H2,(H,18,20)(H,21,22)/t14-/m1/s1. The number of amides is 2. The number of carboxylic acids is 1. The molecule has 0 spiro atoms. The molecule has 24 heavy (non-hydrogen) atoms. The summed E-state index contributed by atoms with van der Waals surface area (Å²) < 4.78 is 5.50. The molecule has 128 valence electrons. The van der Waals surface area contributed by atoms with E-state index in [0.29, 0.717) is 11.4 Å². The predicted molar refractivity (Wildman–Crippen MR) is 85.9 cm³/mol. The second kappa shape index (κ2) is 6.90. The zero-order chi connectivity index (χ0) is 17.1. The van der Waals surface area contributed by atoms with Crippen LogP contribution in [-0.4, -0.2) is 41.6 Å². The SMILES string of the molecule is O=C(O)C[C@H]1Oc2ccccc2N(CC(=O)NC2CCCC2)C1=O. The Kier molecular flexibility index (Phi) is 4.69. The lowest BCUT2D eigenvalue weighted by atomic mass is 10.1. The zero-order valence-corrected chi connectivity index (χ0v) is 13.2. The van der Waals surface area contributed by atoms with Gasteiger partial charge in [-0.1, -0.05) is 25.0 Å². The number of aliphatic carboxylic acids is 1. The Morgan fingerprint density at radius 2 is 1.96 bits per heavy atom. The van der Waals surface area contributed by atoms with Crippen molar-refractivity contribution >= 4 is 23.5 Å². The number of fused-ring (bicyclic) bond motifs is 1. The number of hydrogen-bond acceptors (Lipinski definition) is 4. The first-order chi connectivity index (χ1) is 11.5. The third-order valence-electron chi connectivity index (χ3n) is 4.35. The van der Waals surface area contributed by atoms with Gasteiger partial charge >= 0.3 is 5.97 Å². The molecular formula is C17H20N2O5. The third-order valence-corrected chi connectivity index (χ3v) is 4.35. The van der Waals surface area contributed by atoms with Gasteiger partial charge in [-0.3, -0.25) is 19.3 Å². The van der Waals surface area contributed by atoms with Crippen molar-refractivity contribution in [3.63, 3.8) is 0 Å². The molecule has 7 heteroatoms. The number of ether oxygens (including phenoxy) is 1. The number of carbonyl (C=O) groups excluding carboxylic acids is 2. The van der Waals surface area contributed by atoms with Gasteiger partial charge in [0.2, 0.25) is 5.91 Å². The molecule has 1 heterocycles. The van der Waals surface area contributed by atoms with Gasteiger partial charge in [-0.05, 0) is 25.0 Å². The van der Waals surface area contributed by atoms with E-state index < -0.39 is 24.4 Å². The van der Waals surface area contributed by atoms with Gasteiger partial charge in [0.15, 0.2) is 6.10 Å². The Labute approximate surface area is 139 Å². The number of rotatable bonds is 5. The smallest absolute Gasteiger partial charge is 0.307 e. The van der Waals surface area contributed by atoms with Crippen molar-refractivity contribution in [3.05, 3.63) is 24.3 Å². The van der Waals surface area contributed by atoms with Crippen LogP contribution in [0.5, 0.6) is 5.75 Å². The van der Waals surface area contributed by atoms with Crippen molar-refractivity contribution in [1.82, 2.24) is 5.32 Å². The maximum Gasteiger partial charge on any atom is 0.307 e. The van der Waals surface area contributed by atoms with E-state index in [-0.39, 0.29) is 18.5 Å². The lowest BCUT2D eigenvalue weighted by Crippen LogP contribution is -2.51. The summed E-state index contributed by atoms with van der Waals surface area (Å²) in [6.07, 6.45) is 2.57. The van der Waals surface area contributed by atoms with Gasteiger partial charge in [-0.25, -0.2) is 0 Å². The number of para-hydroxylation sites is 2. The van der Waals surface area contributed by atoms with Gasteiger partial charge in [0.05, 0.1) is 12.1 Å². The molecule has 1 aromatic rings. The summed E-state index contributed by atoms with van der Waals surface area (Å²) in [4.78, 5) is 37.1. The highest BCUT2D eigenvalue weighted by molar-refractivity contribution is 6.04. The summed E-state index contributed by atoms with van der Waals surface area (Å²) in [5, 5.41) is 11.9. The van der Waals surface area contributed by atoms with Gasteiger partial charge in [0.1, 0.15) is 12.3 Å². The van der Waals surface area contributed by atoms with Crippen LogP contribution in [0.25, 0.3) is 0 Å². The maximum atomic E-state index is 12.6. The molecule has 1 fully saturated rings. The number of carbonyl (C=O) groups is 3. The van der Waals surface area contributed by atoms with Crippen LogP contribution in [0.3, 0.4) is 0 Å². The van der Waals surface area contributed by atoms with Crippen LogP contribution in [0.1, 0.15) is 32.1 Å². The lowest BCUT2D eigenvalue weighted by Gasteiger charge is -2.33. The van der Waals surface area contributed by atoms with E-state index in [1.165, 1.54) is 4.90 Å². The van der Waals surface area contributed by atoms with Crippen molar-refractivity contribution in [2.45, 2.75) is 44.2 Å². The minimum Gasteiger partial charge on any atom is -0.481 e. The van der Waals surface area contributed by atoms with E-state index >= 15 is 0 Å². The lowest BCUT2D eigenvalue weighted by molar-refractivity contribution is -0.142. The largest absolute Gasteiger partial charge is 0.481 e. The first-order valence-electron chi connectivity index (χ1n) is 8.13. The van der Waals surface area contributed by atoms with Crippen LogP contribution < -0.4 is 15.0 Å². The number of hydrogen-bond donors (Lipinski definition) is 2. The molecule has 0 radical (unpaired) electrons. The molecular weight excluding hydrogens is 312 g/mol. The van der Waals surface area contributed by atoms with Crippen molar-refractivity contribution in [1.29, 1.82) is 0 Å². The van der Waals surface area contributed by atoms with Crippen LogP contribution in [0.4, 0.5) is 5.69 Å². The van der Waals surface area contributed by atoms with E-state index in [1.807, 2.05) is 0 Å². The quantitative estimate of drug-likeness (QED) is 0.848. The molecule has 2 N–H and O–H groups in total. The fraction of sp³-hybridized carbons (Fsp3) is 0.471. The highest BCUT2D eigenvalue weighted by Crippen LogP contribution is 2.34. The maximum absolute atomic E-state index is 12.6. The molecule has 0 aromatic heterocycles. The van der Waals surface area contributed by atoms with Crippen LogP contribution in [0.2, 0.25) is 0 Å². The first-order valence-corrected chi connectivity index (χ1v) is 8.13. The molecule has 0 saturated heterocycles. The van der Waals surface area contributed by atoms with Crippen LogP contribution >= 0.6 is 0 Å². The van der Waals surface area contributed by atoms with Crippen molar-refractivity contribution < 1.29 is 24.2 Å². The van der Waals surface area contributed by atoms with Crippen LogP contribution in [0, 0.1) is 0 Å². The molecule has 2 amide bonds. The fourth-order valence-electron chi connectivity index (χ4n) is 3.21. The summed E-state index contributed by atoms with van der Waals surface area (Å²) in [5.41, 5.74) is 0.491. The number of nitrogens with zero attached hydrogens (tertiary/aromatic N) is 1. The second-order valence-electron chi connectivity index (χ2n) is 6.15. The molecule has 1 aliphatic heterocycles.